The highest BCUT2D eigenvalue weighted by molar-refractivity contribution is 9.10. The van der Waals surface area contributed by atoms with Crippen LogP contribution in [-0.2, 0) is 6.42 Å². The fourth-order valence-corrected chi connectivity index (χ4v) is 1.65. The average molecular weight is 255 g/mol. The Hall–Kier alpha value is -0.870. The van der Waals surface area contributed by atoms with Crippen molar-refractivity contribution in [3.05, 3.63) is 28.1 Å². The number of hydrogen-bond donors (Lipinski definition) is 1. The molecule has 2 N–H and O–H groups in total. The third kappa shape index (κ3) is 1.67. The molecule has 1 heterocycles. The number of halogens is 1. The van der Waals surface area contributed by atoms with Crippen LogP contribution in [0.15, 0.2) is 21.0 Å². The van der Waals surface area contributed by atoms with Gasteiger partial charge in [-0.15, -0.1) is 0 Å². The molecule has 0 radical (unpaired) electrons. The van der Waals surface area contributed by atoms with Gasteiger partial charge in [0.05, 0.1) is 0 Å². The van der Waals surface area contributed by atoms with E-state index in [0.29, 0.717) is 18.9 Å². The number of nitrogens with two attached hydrogens (primary N) is 1. The molecule has 2 aromatic rings. The van der Waals surface area contributed by atoms with E-state index < -0.39 is 0 Å². The fourth-order valence-electron chi connectivity index (χ4n) is 1.33. The minimum absolute atomic E-state index is 0.562. The Morgan fingerprint density at radius 1 is 1.50 bits per heavy atom. The molecule has 0 saturated carbocycles. The Morgan fingerprint density at radius 2 is 2.29 bits per heavy atom. The van der Waals surface area contributed by atoms with Crippen molar-refractivity contribution in [2.75, 3.05) is 6.54 Å². The molecule has 74 valence electrons. The third-order valence-corrected chi connectivity index (χ3v) is 2.93. The highest BCUT2D eigenvalue weighted by atomic mass is 79.9. The minimum atomic E-state index is 0.562. The van der Waals surface area contributed by atoms with Gasteiger partial charge in [-0.2, -0.15) is 0 Å². The normalized spacial score (nSPS) is 11.1. The van der Waals surface area contributed by atoms with Crippen molar-refractivity contribution in [2.45, 2.75) is 13.3 Å². The zero-order valence-electron chi connectivity index (χ0n) is 7.88. The van der Waals surface area contributed by atoms with Crippen molar-refractivity contribution < 1.29 is 4.42 Å². The maximum absolute atomic E-state index is 5.52. The molecule has 14 heavy (non-hydrogen) atoms. The van der Waals surface area contributed by atoms with E-state index in [1.54, 1.807) is 0 Å². The zero-order valence-corrected chi connectivity index (χ0v) is 9.47. The van der Waals surface area contributed by atoms with Crippen LogP contribution in [0.1, 0.15) is 11.5 Å². The molecule has 1 aromatic carbocycles. The highest BCUT2D eigenvalue weighted by Gasteiger charge is 2.06. The second kappa shape index (κ2) is 3.71. The Kier molecular flexibility index (Phi) is 2.56. The van der Waals surface area contributed by atoms with Gasteiger partial charge in [0.25, 0.3) is 0 Å². The van der Waals surface area contributed by atoms with Crippen LogP contribution >= 0.6 is 15.9 Å². The number of hydrogen-bond acceptors (Lipinski definition) is 3. The molecule has 0 bridgehead atoms. The van der Waals surface area contributed by atoms with Crippen LogP contribution in [0.5, 0.6) is 0 Å². The molecule has 3 nitrogen and oxygen atoms in total. The average Bonchev–Trinajstić information content (AvgIpc) is 2.48. The molecular weight excluding hydrogens is 244 g/mol. The van der Waals surface area contributed by atoms with Crippen molar-refractivity contribution in [3.63, 3.8) is 0 Å². The Morgan fingerprint density at radius 3 is 3.00 bits per heavy atom. The van der Waals surface area contributed by atoms with Gasteiger partial charge < -0.3 is 10.2 Å². The van der Waals surface area contributed by atoms with Crippen LogP contribution in [-0.4, -0.2) is 11.5 Å². The van der Waals surface area contributed by atoms with Crippen LogP contribution < -0.4 is 5.73 Å². The number of oxazole rings is 1. The second-order valence-electron chi connectivity index (χ2n) is 3.22. The quantitative estimate of drug-likeness (QED) is 0.896. The van der Waals surface area contributed by atoms with Crippen molar-refractivity contribution in [2.24, 2.45) is 5.73 Å². The van der Waals surface area contributed by atoms with Gasteiger partial charge in [0.1, 0.15) is 5.52 Å². The van der Waals surface area contributed by atoms with Gasteiger partial charge in [0.15, 0.2) is 11.5 Å². The maximum atomic E-state index is 5.52. The predicted octanol–water partition coefficient (Wildman–Crippen LogP) is 2.40. The van der Waals surface area contributed by atoms with Gasteiger partial charge >= 0.3 is 0 Å². The molecule has 0 aliphatic carbocycles. The smallest absolute Gasteiger partial charge is 0.196 e. The van der Waals surface area contributed by atoms with Crippen molar-refractivity contribution in [1.82, 2.24) is 4.98 Å². The Bertz CT molecular complexity index is 425. The molecule has 0 aliphatic heterocycles. The molecule has 1 aromatic heterocycles. The van der Waals surface area contributed by atoms with Crippen LogP contribution in [0.25, 0.3) is 11.1 Å². The molecular formula is C10H11BrN2O. The first-order chi connectivity index (χ1) is 6.70. The van der Waals surface area contributed by atoms with E-state index in [9.17, 15) is 0 Å². The lowest BCUT2D eigenvalue weighted by Crippen LogP contribution is -2.02. The number of fused-ring (bicyclic) bond motifs is 1. The van der Waals surface area contributed by atoms with Crippen LogP contribution in [0.3, 0.4) is 0 Å². The summed E-state index contributed by atoms with van der Waals surface area (Å²) < 4.78 is 6.57. The summed E-state index contributed by atoms with van der Waals surface area (Å²) in [4.78, 5) is 4.34. The fraction of sp³-hybridized carbons (Fsp3) is 0.300. The van der Waals surface area contributed by atoms with Crippen molar-refractivity contribution >= 4 is 27.0 Å². The van der Waals surface area contributed by atoms with E-state index in [-0.39, 0.29) is 0 Å². The van der Waals surface area contributed by atoms with Crippen LogP contribution in [0.2, 0.25) is 0 Å². The summed E-state index contributed by atoms with van der Waals surface area (Å²) in [6.07, 6.45) is 0.686. The van der Waals surface area contributed by atoms with Crippen LogP contribution in [0, 0.1) is 6.92 Å². The first-order valence-corrected chi connectivity index (χ1v) is 5.25. The summed E-state index contributed by atoms with van der Waals surface area (Å²) in [6, 6.07) is 3.95. The number of nitrogens with zero attached hydrogens (tertiary/aromatic N) is 1. The molecule has 0 spiro atoms. The maximum Gasteiger partial charge on any atom is 0.196 e. The topological polar surface area (TPSA) is 52.0 Å². The SMILES string of the molecule is Cc1cc2nc(CCN)oc2cc1Br. The lowest BCUT2D eigenvalue weighted by Gasteiger charge is -1.94. The summed E-state index contributed by atoms with van der Waals surface area (Å²) in [5.41, 5.74) is 8.30. The van der Waals surface area contributed by atoms with E-state index >= 15 is 0 Å². The molecule has 0 fully saturated rings. The van der Waals surface area contributed by atoms with Crippen molar-refractivity contribution in [3.8, 4) is 0 Å². The molecule has 0 amide bonds. The minimum Gasteiger partial charge on any atom is -0.441 e. The number of rotatable bonds is 2. The van der Waals surface area contributed by atoms with E-state index in [0.717, 1.165) is 21.1 Å². The molecule has 0 saturated heterocycles. The molecule has 4 heteroatoms. The van der Waals surface area contributed by atoms with E-state index in [2.05, 4.69) is 20.9 Å². The van der Waals surface area contributed by atoms with Crippen molar-refractivity contribution in [1.29, 1.82) is 0 Å². The first kappa shape index (κ1) is 9.68. The van der Waals surface area contributed by atoms with Gasteiger partial charge in [-0.25, -0.2) is 4.98 Å². The largest absolute Gasteiger partial charge is 0.441 e. The summed E-state index contributed by atoms with van der Waals surface area (Å²) in [6.45, 7) is 2.59. The number of benzene rings is 1. The summed E-state index contributed by atoms with van der Waals surface area (Å²) in [5.74, 6) is 0.708. The predicted molar refractivity (Wildman–Crippen MR) is 59.2 cm³/mol. The van der Waals surface area contributed by atoms with E-state index in [4.69, 9.17) is 10.2 Å². The lowest BCUT2D eigenvalue weighted by molar-refractivity contribution is 0.531. The third-order valence-electron chi connectivity index (χ3n) is 2.07. The lowest BCUT2D eigenvalue weighted by atomic mass is 10.2. The van der Waals surface area contributed by atoms with Crippen LogP contribution in [0.4, 0.5) is 0 Å². The molecule has 0 aliphatic rings. The first-order valence-electron chi connectivity index (χ1n) is 4.46. The molecule has 0 atom stereocenters. The highest BCUT2D eigenvalue weighted by Crippen LogP contribution is 2.24. The molecule has 2 rings (SSSR count). The Balaban J connectivity index is 2.54. The van der Waals surface area contributed by atoms with E-state index in [1.807, 2.05) is 19.1 Å². The Labute approximate surface area is 90.4 Å². The van der Waals surface area contributed by atoms with Gasteiger partial charge in [0.2, 0.25) is 0 Å². The van der Waals surface area contributed by atoms with Gasteiger partial charge in [0, 0.05) is 17.4 Å². The standard InChI is InChI=1S/C10H11BrN2O/c1-6-4-8-9(5-7(6)11)14-10(13-8)2-3-12/h4-5H,2-3,12H2,1H3. The number of aromatic nitrogens is 1. The zero-order chi connectivity index (χ0) is 10.1. The van der Waals surface area contributed by atoms with Gasteiger partial charge in [-0.05, 0) is 24.6 Å². The van der Waals surface area contributed by atoms with Gasteiger partial charge in [-0.1, -0.05) is 15.9 Å². The molecule has 0 unspecified atom stereocenters. The number of aryl methyl sites for hydroxylation is 1. The second-order valence-corrected chi connectivity index (χ2v) is 4.07. The summed E-state index contributed by atoms with van der Waals surface area (Å²) >= 11 is 3.45. The summed E-state index contributed by atoms with van der Waals surface area (Å²) in [7, 11) is 0. The van der Waals surface area contributed by atoms with Gasteiger partial charge in [-0.3, -0.25) is 0 Å². The monoisotopic (exact) mass is 254 g/mol. The summed E-state index contributed by atoms with van der Waals surface area (Å²) in [5, 5.41) is 0. The van der Waals surface area contributed by atoms with E-state index in [1.165, 1.54) is 0 Å².